The summed E-state index contributed by atoms with van der Waals surface area (Å²) in [4.78, 5) is 11.5. The predicted octanol–water partition coefficient (Wildman–Crippen LogP) is 3.40. The number of hydrogen-bond donors (Lipinski definition) is 0. The van der Waals surface area contributed by atoms with Crippen LogP contribution >= 0.6 is 0 Å². The van der Waals surface area contributed by atoms with Gasteiger partial charge in [-0.3, -0.25) is 4.79 Å². The lowest BCUT2D eigenvalue weighted by molar-refractivity contribution is 0.0975. The zero-order valence-electron chi connectivity index (χ0n) is 8.13. The summed E-state index contributed by atoms with van der Waals surface area (Å²) in [6.07, 6.45) is 2.94. The Morgan fingerprint density at radius 3 is 2.64 bits per heavy atom. The molecule has 0 heterocycles. The van der Waals surface area contributed by atoms with Gasteiger partial charge in [0.2, 0.25) is 0 Å². The molecule has 0 spiro atoms. The molecule has 0 unspecified atom stereocenters. The second-order valence-electron chi connectivity index (χ2n) is 3.21. The molecule has 0 aromatic heterocycles. The maximum Gasteiger partial charge on any atom is 0.165 e. The number of carbonyl (C=O) groups excluding carboxylic acids is 1. The summed E-state index contributed by atoms with van der Waals surface area (Å²) in [5, 5.41) is 0. The van der Waals surface area contributed by atoms with Gasteiger partial charge in [-0.1, -0.05) is 31.9 Å². The van der Waals surface area contributed by atoms with E-state index < -0.39 is 5.82 Å². The van der Waals surface area contributed by atoms with Crippen LogP contribution in [0.3, 0.4) is 0 Å². The van der Waals surface area contributed by atoms with Crippen molar-refractivity contribution in [2.24, 2.45) is 0 Å². The lowest BCUT2D eigenvalue weighted by atomic mass is 10.0. The van der Waals surface area contributed by atoms with Crippen molar-refractivity contribution in [2.45, 2.75) is 25.7 Å². The van der Waals surface area contributed by atoms with Crippen molar-refractivity contribution in [3.8, 4) is 0 Å². The monoisotopic (exact) mass is 193 g/mol. The Bertz CT molecular complexity index is 307. The molecular weight excluding hydrogens is 179 g/mol. The van der Waals surface area contributed by atoms with Crippen molar-refractivity contribution in [1.29, 1.82) is 0 Å². The Hall–Kier alpha value is -1.18. The fourth-order valence-electron chi connectivity index (χ4n) is 1.28. The van der Waals surface area contributed by atoms with E-state index >= 15 is 0 Å². The van der Waals surface area contributed by atoms with Crippen molar-refractivity contribution in [3.63, 3.8) is 0 Å². The predicted molar refractivity (Wildman–Crippen MR) is 54.6 cm³/mol. The first-order valence-electron chi connectivity index (χ1n) is 4.82. The third-order valence-corrected chi connectivity index (χ3v) is 2.08. The Morgan fingerprint density at radius 2 is 2.00 bits per heavy atom. The van der Waals surface area contributed by atoms with E-state index in [1.165, 1.54) is 12.1 Å². The second-order valence-corrected chi connectivity index (χ2v) is 3.21. The Morgan fingerprint density at radius 1 is 1.29 bits per heavy atom. The summed E-state index contributed by atoms with van der Waals surface area (Å²) in [5.74, 6) is -0.538. The van der Waals surface area contributed by atoms with Crippen molar-refractivity contribution >= 4 is 5.78 Å². The molecule has 0 bridgehead atoms. The van der Waals surface area contributed by atoms with E-state index in [2.05, 4.69) is 6.92 Å². The van der Waals surface area contributed by atoms with Gasteiger partial charge < -0.3 is 0 Å². The zero-order valence-corrected chi connectivity index (χ0v) is 8.13. The van der Waals surface area contributed by atoms with Crippen molar-refractivity contribution in [2.75, 3.05) is 0 Å². The van der Waals surface area contributed by atoms with Crippen LogP contribution in [0.25, 0.3) is 0 Å². The number of hydrogen-bond acceptors (Lipinski definition) is 1. The van der Waals surface area contributed by atoms with Crippen LogP contribution in [0.2, 0.25) is 0 Å². The third kappa shape index (κ3) is 2.95. The van der Waals surface area contributed by atoms with Crippen LogP contribution in [-0.4, -0.2) is 5.78 Å². The number of ketones is 1. The van der Waals surface area contributed by atoms with E-state index in [-0.39, 0.29) is 11.3 Å². The fraction of sp³-hybridized carbons (Fsp3) is 0.333. The molecule has 0 aliphatic carbocycles. The summed E-state index contributed by atoms with van der Waals surface area (Å²) < 4.78 is 13.1. The second kappa shape index (κ2) is 5.53. The minimum Gasteiger partial charge on any atom is -0.294 e. The maximum absolute atomic E-state index is 13.1. The molecule has 2 heteroatoms. The van der Waals surface area contributed by atoms with E-state index in [1.807, 2.05) is 0 Å². The van der Waals surface area contributed by atoms with E-state index in [9.17, 15) is 9.18 Å². The number of Topliss-reactive ketones (excluding diaryl/α,β-unsaturated/α-hetero) is 1. The van der Waals surface area contributed by atoms with Crippen molar-refractivity contribution in [3.05, 3.63) is 42.6 Å². The Labute approximate surface area is 83.9 Å². The molecule has 1 aromatic carbocycles. The summed E-state index contributed by atoms with van der Waals surface area (Å²) in [7, 11) is 0. The van der Waals surface area contributed by atoms with Gasteiger partial charge in [0.1, 0.15) is 5.82 Å². The highest BCUT2D eigenvalue weighted by molar-refractivity contribution is 5.96. The smallest absolute Gasteiger partial charge is 0.165 e. The quantitative estimate of drug-likeness (QED) is 0.517. The number of rotatable bonds is 5. The van der Waals surface area contributed by atoms with Crippen LogP contribution in [0.4, 0.5) is 4.39 Å². The molecule has 0 atom stereocenters. The summed E-state index contributed by atoms with van der Waals surface area (Å²) >= 11 is 0. The molecule has 1 radical (unpaired) electrons. The van der Waals surface area contributed by atoms with Gasteiger partial charge in [0.25, 0.3) is 0 Å². The van der Waals surface area contributed by atoms with Crippen molar-refractivity contribution in [1.82, 2.24) is 0 Å². The van der Waals surface area contributed by atoms with Gasteiger partial charge in [-0.2, -0.15) is 0 Å². The number of carbonyl (C=O) groups is 1. The first-order chi connectivity index (χ1) is 6.75. The zero-order chi connectivity index (χ0) is 10.4. The van der Waals surface area contributed by atoms with Gasteiger partial charge >= 0.3 is 0 Å². The summed E-state index contributed by atoms with van der Waals surface area (Å²) in [5.41, 5.74) is 0.205. The molecule has 0 N–H and O–H groups in total. The molecule has 0 saturated carbocycles. The van der Waals surface area contributed by atoms with Crippen LogP contribution in [0.5, 0.6) is 0 Å². The van der Waals surface area contributed by atoms with Gasteiger partial charge in [0.05, 0.1) is 5.56 Å². The average Bonchev–Trinajstić information content (AvgIpc) is 2.18. The van der Waals surface area contributed by atoms with Crippen LogP contribution in [-0.2, 0) is 0 Å². The normalized spacial score (nSPS) is 10.1. The van der Waals surface area contributed by atoms with Crippen LogP contribution < -0.4 is 0 Å². The van der Waals surface area contributed by atoms with Gasteiger partial charge in [-0.15, -0.1) is 0 Å². The van der Waals surface area contributed by atoms with Crippen LogP contribution in [0, 0.1) is 12.7 Å². The first kappa shape index (κ1) is 10.9. The molecular formula is C12H14FO. The van der Waals surface area contributed by atoms with E-state index in [0.29, 0.717) is 6.42 Å². The van der Waals surface area contributed by atoms with Gasteiger partial charge in [-0.05, 0) is 18.6 Å². The molecule has 0 aliphatic heterocycles. The maximum atomic E-state index is 13.1. The number of halogens is 1. The minimum absolute atomic E-state index is 0.114. The minimum atomic E-state index is -0.424. The van der Waals surface area contributed by atoms with E-state index in [4.69, 9.17) is 0 Å². The highest BCUT2D eigenvalue weighted by atomic mass is 19.1. The largest absolute Gasteiger partial charge is 0.294 e. The SMILES string of the molecule is [CH2]CCCCC(=O)c1ccccc1F. The van der Waals surface area contributed by atoms with E-state index in [1.54, 1.807) is 12.1 Å². The van der Waals surface area contributed by atoms with Crippen LogP contribution in [0.1, 0.15) is 36.0 Å². The molecule has 0 amide bonds. The summed E-state index contributed by atoms with van der Waals surface area (Å²) in [6, 6.07) is 6.11. The number of benzene rings is 1. The standard InChI is InChI=1S/C12H14FO/c1-2-3-4-9-12(14)10-7-5-6-8-11(10)13/h5-8H,1-4,9H2. The Kier molecular flexibility index (Phi) is 4.30. The topological polar surface area (TPSA) is 17.1 Å². The highest BCUT2D eigenvalue weighted by Crippen LogP contribution is 2.11. The lowest BCUT2D eigenvalue weighted by Gasteiger charge is -2.01. The molecule has 0 saturated heterocycles. The van der Waals surface area contributed by atoms with Crippen LogP contribution in [0.15, 0.2) is 24.3 Å². The molecule has 75 valence electrons. The fourth-order valence-corrected chi connectivity index (χ4v) is 1.28. The molecule has 14 heavy (non-hydrogen) atoms. The van der Waals surface area contributed by atoms with Gasteiger partial charge in [-0.25, -0.2) is 4.39 Å². The first-order valence-corrected chi connectivity index (χ1v) is 4.82. The molecule has 0 fully saturated rings. The molecule has 1 rings (SSSR count). The molecule has 1 nitrogen and oxygen atoms in total. The average molecular weight is 193 g/mol. The van der Waals surface area contributed by atoms with Gasteiger partial charge in [0.15, 0.2) is 5.78 Å². The van der Waals surface area contributed by atoms with Crippen molar-refractivity contribution < 1.29 is 9.18 Å². The Balaban J connectivity index is 2.56. The highest BCUT2D eigenvalue weighted by Gasteiger charge is 2.09. The van der Waals surface area contributed by atoms with E-state index in [0.717, 1.165) is 19.3 Å². The third-order valence-electron chi connectivity index (χ3n) is 2.08. The molecule has 0 aliphatic rings. The molecule has 1 aromatic rings. The summed E-state index contributed by atoms with van der Waals surface area (Å²) in [6.45, 7) is 3.69. The van der Waals surface area contributed by atoms with Gasteiger partial charge in [0, 0.05) is 6.42 Å². The lowest BCUT2D eigenvalue weighted by Crippen LogP contribution is -2.01. The number of unbranched alkanes of at least 4 members (excludes halogenated alkanes) is 2.